The number of amides is 1. The summed E-state index contributed by atoms with van der Waals surface area (Å²) in [5.41, 5.74) is 2.04. The number of aromatic nitrogens is 2. The second-order valence-corrected chi connectivity index (χ2v) is 6.57. The minimum absolute atomic E-state index is 0.0394. The SMILES string of the molecule is CCOC(=O)c1nn(-c2ccccc2)cc1OCC(=O)NCCCc1ccccc1. The highest BCUT2D eigenvalue weighted by atomic mass is 16.5. The lowest BCUT2D eigenvalue weighted by Gasteiger charge is -2.07. The number of nitrogens with zero attached hydrogens (tertiary/aromatic N) is 2. The number of rotatable bonds is 10. The summed E-state index contributed by atoms with van der Waals surface area (Å²) in [5.74, 6) is -0.646. The maximum atomic E-state index is 12.2. The monoisotopic (exact) mass is 407 g/mol. The van der Waals surface area contributed by atoms with E-state index in [-0.39, 0.29) is 30.6 Å². The predicted octanol–water partition coefficient (Wildman–Crippen LogP) is 3.18. The van der Waals surface area contributed by atoms with Gasteiger partial charge in [0.15, 0.2) is 12.4 Å². The first-order chi connectivity index (χ1) is 14.7. The van der Waals surface area contributed by atoms with E-state index in [0.717, 1.165) is 18.5 Å². The number of carbonyl (C=O) groups excluding carboxylic acids is 2. The highest BCUT2D eigenvalue weighted by Gasteiger charge is 2.21. The normalized spacial score (nSPS) is 10.4. The van der Waals surface area contributed by atoms with Crippen LogP contribution in [0.4, 0.5) is 0 Å². The van der Waals surface area contributed by atoms with Gasteiger partial charge in [-0.1, -0.05) is 48.5 Å². The average Bonchev–Trinajstić information content (AvgIpc) is 3.21. The number of esters is 1. The minimum Gasteiger partial charge on any atom is -0.480 e. The summed E-state index contributed by atoms with van der Waals surface area (Å²) in [4.78, 5) is 24.4. The smallest absolute Gasteiger partial charge is 0.362 e. The Morgan fingerprint density at radius 2 is 1.73 bits per heavy atom. The van der Waals surface area contributed by atoms with Gasteiger partial charge in [-0.05, 0) is 37.5 Å². The van der Waals surface area contributed by atoms with Gasteiger partial charge >= 0.3 is 5.97 Å². The van der Waals surface area contributed by atoms with Gasteiger partial charge in [-0.2, -0.15) is 5.10 Å². The van der Waals surface area contributed by atoms with Crippen LogP contribution in [-0.4, -0.2) is 41.4 Å². The molecule has 30 heavy (non-hydrogen) atoms. The first-order valence-corrected chi connectivity index (χ1v) is 9.93. The molecule has 0 aliphatic rings. The summed E-state index contributed by atoms with van der Waals surface area (Å²) in [6, 6.07) is 19.4. The van der Waals surface area contributed by atoms with E-state index in [2.05, 4.69) is 22.5 Å². The zero-order chi connectivity index (χ0) is 21.2. The second kappa shape index (κ2) is 10.8. The molecule has 1 heterocycles. The van der Waals surface area contributed by atoms with Crippen molar-refractivity contribution >= 4 is 11.9 Å². The van der Waals surface area contributed by atoms with Gasteiger partial charge in [0.2, 0.25) is 5.69 Å². The number of ether oxygens (including phenoxy) is 2. The van der Waals surface area contributed by atoms with Gasteiger partial charge in [-0.3, -0.25) is 4.79 Å². The number of hydrogen-bond acceptors (Lipinski definition) is 5. The molecule has 156 valence electrons. The third kappa shape index (κ3) is 5.94. The van der Waals surface area contributed by atoms with Crippen LogP contribution in [0.3, 0.4) is 0 Å². The van der Waals surface area contributed by atoms with Crippen molar-refractivity contribution in [3.05, 3.63) is 78.1 Å². The van der Waals surface area contributed by atoms with Crippen molar-refractivity contribution in [2.24, 2.45) is 0 Å². The maximum Gasteiger partial charge on any atom is 0.362 e. The Bertz CT molecular complexity index is 955. The molecule has 0 spiro atoms. The lowest BCUT2D eigenvalue weighted by molar-refractivity contribution is -0.123. The molecule has 0 aliphatic carbocycles. The van der Waals surface area contributed by atoms with Crippen LogP contribution in [0, 0.1) is 0 Å². The fraction of sp³-hybridized carbons (Fsp3) is 0.261. The fourth-order valence-electron chi connectivity index (χ4n) is 2.88. The number of hydrogen-bond donors (Lipinski definition) is 1. The van der Waals surface area contributed by atoms with Gasteiger partial charge in [0.1, 0.15) is 0 Å². The molecule has 0 saturated carbocycles. The Kier molecular flexibility index (Phi) is 7.60. The van der Waals surface area contributed by atoms with Crippen LogP contribution in [0.1, 0.15) is 29.4 Å². The van der Waals surface area contributed by atoms with Crippen LogP contribution in [0.25, 0.3) is 5.69 Å². The van der Waals surface area contributed by atoms with Crippen molar-refractivity contribution in [3.63, 3.8) is 0 Å². The number of carbonyl (C=O) groups is 2. The Labute approximate surface area is 175 Å². The van der Waals surface area contributed by atoms with Crippen molar-refractivity contribution in [2.45, 2.75) is 19.8 Å². The van der Waals surface area contributed by atoms with E-state index in [0.29, 0.717) is 6.54 Å². The van der Waals surface area contributed by atoms with Crippen molar-refractivity contribution in [2.75, 3.05) is 19.8 Å². The summed E-state index contributed by atoms with van der Waals surface area (Å²) in [7, 11) is 0. The molecule has 0 atom stereocenters. The highest BCUT2D eigenvalue weighted by molar-refractivity contribution is 5.90. The molecule has 1 amide bonds. The standard InChI is InChI=1S/C23H25N3O4/c1-2-29-23(28)22-20(16-26(25-22)19-13-7-4-8-14-19)30-17-21(27)24-15-9-12-18-10-5-3-6-11-18/h3-8,10-11,13-14,16H,2,9,12,15,17H2,1H3,(H,24,27). The second-order valence-electron chi connectivity index (χ2n) is 6.57. The first-order valence-electron chi connectivity index (χ1n) is 9.93. The van der Waals surface area contributed by atoms with Crippen LogP contribution in [0.2, 0.25) is 0 Å². The molecule has 7 heteroatoms. The van der Waals surface area contributed by atoms with E-state index in [1.54, 1.807) is 13.1 Å². The summed E-state index contributed by atoms with van der Waals surface area (Å²) in [6.45, 7) is 2.28. The maximum absolute atomic E-state index is 12.2. The predicted molar refractivity (Wildman–Crippen MR) is 113 cm³/mol. The molecule has 2 aromatic carbocycles. The Hall–Kier alpha value is -3.61. The molecular weight excluding hydrogens is 382 g/mol. The molecule has 0 saturated heterocycles. The van der Waals surface area contributed by atoms with Crippen LogP contribution in [0.5, 0.6) is 5.75 Å². The van der Waals surface area contributed by atoms with E-state index >= 15 is 0 Å². The van der Waals surface area contributed by atoms with Gasteiger partial charge in [-0.15, -0.1) is 0 Å². The van der Waals surface area contributed by atoms with Gasteiger partial charge in [0.25, 0.3) is 5.91 Å². The highest BCUT2D eigenvalue weighted by Crippen LogP contribution is 2.21. The fourth-order valence-corrected chi connectivity index (χ4v) is 2.88. The van der Waals surface area contributed by atoms with E-state index in [1.807, 2.05) is 48.5 Å². The summed E-state index contributed by atoms with van der Waals surface area (Å²) in [5, 5.41) is 7.10. The Morgan fingerprint density at radius 3 is 2.43 bits per heavy atom. The quantitative estimate of drug-likeness (QED) is 0.412. The van der Waals surface area contributed by atoms with E-state index in [1.165, 1.54) is 10.2 Å². The third-order valence-corrected chi connectivity index (χ3v) is 4.34. The zero-order valence-electron chi connectivity index (χ0n) is 16.9. The average molecular weight is 407 g/mol. The molecule has 0 unspecified atom stereocenters. The first kappa shape index (κ1) is 21.1. The van der Waals surface area contributed by atoms with Crippen molar-refractivity contribution in [1.29, 1.82) is 0 Å². The number of nitrogens with one attached hydrogen (secondary N) is 1. The molecule has 0 aliphatic heterocycles. The molecular formula is C23H25N3O4. The lowest BCUT2D eigenvalue weighted by atomic mass is 10.1. The number of benzene rings is 2. The number of para-hydroxylation sites is 1. The summed E-state index contributed by atoms with van der Waals surface area (Å²) in [6.07, 6.45) is 3.29. The molecule has 0 bridgehead atoms. The summed E-state index contributed by atoms with van der Waals surface area (Å²) < 4.78 is 12.2. The largest absolute Gasteiger partial charge is 0.480 e. The molecule has 1 N–H and O–H groups in total. The van der Waals surface area contributed by atoms with Crippen molar-refractivity contribution in [1.82, 2.24) is 15.1 Å². The van der Waals surface area contributed by atoms with Crippen LogP contribution < -0.4 is 10.1 Å². The molecule has 1 aromatic heterocycles. The van der Waals surface area contributed by atoms with Crippen molar-refractivity contribution in [3.8, 4) is 11.4 Å². The molecule has 3 aromatic rings. The van der Waals surface area contributed by atoms with Crippen LogP contribution in [-0.2, 0) is 16.0 Å². The topological polar surface area (TPSA) is 82.4 Å². The van der Waals surface area contributed by atoms with Crippen LogP contribution in [0.15, 0.2) is 66.9 Å². The van der Waals surface area contributed by atoms with E-state index in [4.69, 9.17) is 9.47 Å². The minimum atomic E-state index is -0.592. The van der Waals surface area contributed by atoms with Gasteiger partial charge < -0.3 is 14.8 Å². The zero-order valence-corrected chi connectivity index (χ0v) is 16.9. The Balaban J connectivity index is 1.55. The van der Waals surface area contributed by atoms with E-state index < -0.39 is 5.97 Å². The van der Waals surface area contributed by atoms with Gasteiger partial charge in [-0.25, -0.2) is 9.48 Å². The Morgan fingerprint density at radius 1 is 1.03 bits per heavy atom. The molecule has 3 rings (SSSR count). The van der Waals surface area contributed by atoms with Crippen molar-refractivity contribution < 1.29 is 19.1 Å². The van der Waals surface area contributed by atoms with E-state index in [9.17, 15) is 9.59 Å². The number of aryl methyl sites for hydroxylation is 1. The lowest BCUT2D eigenvalue weighted by Crippen LogP contribution is -2.30. The van der Waals surface area contributed by atoms with Crippen LogP contribution >= 0.6 is 0 Å². The van der Waals surface area contributed by atoms with Gasteiger partial charge in [0, 0.05) is 6.54 Å². The third-order valence-electron chi connectivity index (χ3n) is 4.34. The molecule has 0 radical (unpaired) electrons. The molecule has 7 nitrogen and oxygen atoms in total. The summed E-state index contributed by atoms with van der Waals surface area (Å²) >= 11 is 0. The molecule has 0 fully saturated rings. The van der Waals surface area contributed by atoms with Gasteiger partial charge in [0.05, 0.1) is 18.5 Å².